The number of unbranched alkanes of at least 4 members (excludes halogenated alkanes) is 2. The van der Waals surface area contributed by atoms with Crippen molar-refractivity contribution in [1.82, 2.24) is 15.3 Å². The van der Waals surface area contributed by atoms with Gasteiger partial charge in [-0.2, -0.15) is 0 Å². The lowest BCUT2D eigenvalue weighted by atomic mass is 10.2. The van der Waals surface area contributed by atoms with Crippen LogP contribution >= 0.6 is 0 Å². The Morgan fingerprint density at radius 3 is 2.74 bits per heavy atom. The molecule has 0 saturated heterocycles. The second kappa shape index (κ2) is 8.17. The van der Waals surface area contributed by atoms with E-state index >= 15 is 0 Å². The van der Waals surface area contributed by atoms with Gasteiger partial charge in [0.15, 0.2) is 11.6 Å². The second-order valence-electron chi connectivity index (χ2n) is 4.98. The summed E-state index contributed by atoms with van der Waals surface area (Å²) >= 11 is 0. The van der Waals surface area contributed by atoms with Crippen molar-refractivity contribution in [2.45, 2.75) is 26.2 Å². The normalized spacial score (nSPS) is 10.4. The van der Waals surface area contributed by atoms with Gasteiger partial charge in [0.25, 0.3) is 5.91 Å². The third-order valence-corrected chi connectivity index (χ3v) is 3.13. The zero-order valence-corrected chi connectivity index (χ0v) is 12.8. The number of halogens is 2. The molecular formula is C16H18F2N4O. The van der Waals surface area contributed by atoms with Gasteiger partial charge in [-0.15, -0.1) is 0 Å². The number of carbonyl (C=O) groups excluding carboxylic acids is 1. The molecule has 0 aliphatic carbocycles. The van der Waals surface area contributed by atoms with Crippen molar-refractivity contribution >= 4 is 17.5 Å². The highest BCUT2D eigenvalue weighted by Crippen LogP contribution is 2.16. The number of nitrogens with one attached hydrogen (secondary N) is 2. The van der Waals surface area contributed by atoms with Gasteiger partial charge in [0, 0.05) is 24.5 Å². The zero-order chi connectivity index (χ0) is 16.7. The summed E-state index contributed by atoms with van der Waals surface area (Å²) in [5.74, 6) is -2.06. The summed E-state index contributed by atoms with van der Waals surface area (Å²) in [6.45, 7) is 2.67. The van der Waals surface area contributed by atoms with E-state index in [1.165, 1.54) is 18.3 Å². The van der Waals surface area contributed by atoms with Gasteiger partial charge in [-0.25, -0.2) is 18.7 Å². The lowest BCUT2D eigenvalue weighted by Crippen LogP contribution is -2.25. The van der Waals surface area contributed by atoms with Crippen LogP contribution in [0.2, 0.25) is 0 Å². The van der Waals surface area contributed by atoms with E-state index in [0.29, 0.717) is 12.2 Å². The maximum absolute atomic E-state index is 13.2. The van der Waals surface area contributed by atoms with Crippen LogP contribution in [0.25, 0.3) is 0 Å². The van der Waals surface area contributed by atoms with Gasteiger partial charge in [0.1, 0.15) is 5.69 Å². The van der Waals surface area contributed by atoms with Gasteiger partial charge < -0.3 is 10.6 Å². The second-order valence-corrected chi connectivity index (χ2v) is 4.98. The van der Waals surface area contributed by atoms with Crippen LogP contribution < -0.4 is 10.6 Å². The Balaban J connectivity index is 2.01. The van der Waals surface area contributed by atoms with E-state index in [-0.39, 0.29) is 17.5 Å². The molecule has 23 heavy (non-hydrogen) atoms. The molecule has 7 heteroatoms. The van der Waals surface area contributed by atoms with E-state index in [2.05, 4.69) is 27.5 Å². The molecule has 0 fully saturated rings. The first-order valence-electron chi connectivity index (χ1n) is 7.43. The summed E-state index contributed by atoms with van der Waals surface area (Å²) in [7, 11) is 0. The molecule has 122 valence electrons. The van der Waals surface area contributed by atoms with Crippen LogP contribution in [0.15, 0.2) is 30.5 Å². The number of aromatic nitrogens is 2. The summed E-state index contributed by atoms with van der Waals surface area (Å²) in [6.07, 6.45) is 4.46. The number of benzene rings is 1. The van der Waals surface area contributed by atoms with E-state index in [1.807, 2.05) is 0 Å². The summed E-state index contributed by atoms with van der Waals surface area (Å²) in [5.41, 5.74) is 0.506. The lowest BCUT2D eigenvalue weighted by Gasteiger charge is -2.07. The Morgan fingerprint density at radius 2 is 2.00 bits per heavy atom. The molecule has 0 atom stereocenters. The Labute approximate surface area is 133 Å². The topological polar surface area (TPSA) is 66.9 Å². The Kier molecular flexibility index (Phi) is 5.96. The smallest absolute Gasteiger partial charge is 0.270 e. The first kappa shape index (κ1) is 16.8. The van der Waals surface area contributed by atoms with Gasteiger partial charge >= 0.3 is 0 Å². The lowest BCUT2D eigenvalue weighted by molar-refractivity contribution is 0.0948. The SMILES string of the molecule is CCCCCNC(=O)c1ccnc(Nc2ccc(F)c(F)c2)n1. The molecule has 0 aliphatic heterocycles. The first-order chi connectivity index (χ1) is 11.1. The average molecular weight is 320 g/mol. The van der Waals surface area contributed by atoms with Crippen LogP contribution in [0.1, 0.15) is 36.7 Å². The van der Waals surface area contributed by atoms with Gasteiger partial charge in [-0.3, -0.25) is 4.79 Å². The van der Waals surface area contributed by atoms with E-state index in [4.69, 9.17) is 0 Å². The van der Waals surface area contributed by atoms with Crippen LogP contribution in [-0.4, -0.2) is 22.4 Å². The largest absolute Gasteiger partial charge is 0.351 e. The van der Waals surface area contributed by atoms with Crippen molar-refractivity contribution in [2.24, 2.45) is 0 Å². The molecule has 5 nitrogen and oxygen atoms in total. The summed E-state index contributed by atoms with van der Waals surface area (Å²) in [6, 6.07) is 4.85. The quantitative estimate of drug-likeness (QED) is 0.767. The molecule has 2 rings (SSSR count). The fourth-order valence-corrected chi connectivity index (χ4v) is 1.92. The molecule has 1 aromatic heterocycles. The Hall–Kier alpha value is -2.57. The van der Waals surface area contributed by atoms with Crippen LogP contribution in [0.4, 0.5) is 20.4 Å². The van der Waals surface area contributed by atoms with Crippen molar-refractivity contribution in [3.63, 3.8) is 0 Å². The highest BCUT2D eigenvalue weighted by atomic mass is 19.2. The van der Waals surface area contributed by atoms with Crippen LogP contribution in [0.3, 0.4) is 0 Å². The third kappa shape index (κ3) is 4.98. The maximum atomic E-state index is 13.2. The van der Waals surface area contributed by atoms with Gasteiger partial charge in [-0.1, -0.05) is 19.8 Å². The Bertz CT molecular complexity index is 679. The van der Waals surface area contributed by atoms with Gasteiger partial charge in [0.05, 0.1) is 0 Å². The van der Waals surface area contributed by atoms with E-state index in [0.717, 1.165) is 31.4 Å². The van der Waals surface area contributed by atoms with Crippen molar-refractivity contribution in [2.75, 3.05) is 11.9 Å². The zero-order valence-electron chi connectivity index (χ0n) is 12.8. The van der Waals surface area contributed by atoms with Crippen molar-refractivity contribution in [3.8, 4) is 0 Å². The molecule has 0 aliphatic rings. The molecule has 0 spiro atoms. The standard InChI is InChI=1S/C16H18F2N4O/c1-2-3-4-8-19-15(23)14-7-9-20-16(22-14)21-11-5-6-12(17)13(18)10-11/h5-7,9-10H,2-4,8H2,1H3,(H,19,23)(H,20,21,22). The highest BCUT2D eigenvalue weighted by Gasteiger charge is 2.09. The van der Waals surface area contributed by atoms with Crippen molar-refractivity contribution in [1.29, 1.82) is 0 Å². The summed E-state index contributed by atoms with van der Waals surface area (Å²) < 4.78 is 26.1. The first-order valence-corrected chi connectivity index (χ1v) is 7.43. The van der Waals surface area contributed by atoms with Gasteiger partial charge in [-0.05, 0) is 24.6 Å². The number of nitrogens with zero attached hydrogens (tertiary/aromatic N) is 2. The molecular weight excluding hydrogens is 302 g/mol. The minimum atomic E-state index is -0.972. The van der Waals surface area contributed by atoms with Gasteiger partial charge in [0.2, 0.25) is 5.95 Å². The molecule has 0 bridgehead atoms. The highest BCUT2D eigenvalue weighted by molar-refractivity contribution is 5.92. The average Bonchev–Trinajstić information content (AvgIpc) is 2.55. The Morgan fingerprint density at radius 1 is 1.17 bits per heavy atom. The van der Waals surface area contributed by atoms with Crippen molar-refractivity contribution in [3.05, 3.63) is 47.8 Å². The predicted octanol–water partition coefficient (Wildman–Crippen LogP) is 3.42. The number of rotatable bonds is 7. The number of amides is 1. The maximum Gasteiger partial charge on any atom is 0.270 e. The number of hydrogen-bond donors (Lipinski definition) is 2. The molecule has 1 amide bonds. The van der Waals surface area contributed by atoms with Crippen LogP contribution in [0.5, 0.6) is 0 Å². The molecule has 2 aromatic rings. The minimum Gasteiger partial charge on any atom is -0.351 e. The number of anilines is 2. The number of hydrogen-bond acceptors (Lipinski definition) is 4. The molecule has 0 unspecified atom stereocenters. The van der Waals surface area contributed by atoms with E-state index in [9.17, 15) is 13.6 Å². The van der Waals surface area contributed by atoms with E-state index in [1.54, 1.807) is 0 Å². The van der Waals surface area contributed by atoms with Crippen LogP contribution in [0, 0.1) is 11.6 Å². The molecule has 1 aromatic carbocycles. The fourth-order valence-electron chi connectivity index (χ4n) is 1.92. The fraction of sp³-hybridized carbons (Fsp3) is 0.312. The molecule has 0 radical (unpaired) electrons. The molecule has 0 saturated carbocycles. The molecule has 2 N–H and O–H groups in total. The summed E-state index contributed by atoms with van der Waals surface area (Å²) in [5, 5.41) is 5.51. The summed E-state index contributed by atoms with van der Waals surface area (Å²) in [4.78, 5) is 20.0. The molecule has 1 heterocycles. The minimum absolute atomic E-state index is 0.136. The van der Waals surface area contributed by atoms with E-state index < -0.39 is 11.6 Å². The van der Waals surface area contributed by atoms with Crippen LogP contribution in [-0.2, 0) is 0 Å². The third-order valence-electron chi connectivity index (χ3n) is 3.13. The monoisotopic (exact) mass is 320 g/mol. The number of carbonyl (C=O) groups is 1. The van der Waals surface area contributed by atoms with Crippen molar-refractivity contribution < 1.29 is 13.6 Å². The predicted molar refractivity (Wildman–Crippen MR) is 83.5 cm³/mol.